The van der Waals surface area contributed by atoms with Gasteiger partial charge in [0.1, 0.15) is 5.75 Å². The molecule has 1 aromatic carbocycles. The molecule has 0 amide bonds. The standard InChI is InChI=1S/C12H13NO3/c1-7-9-4-3-8(16-2)5-11(9)13-10(7)6-12(14)15/h3-5,13H,6H2,1-2H3,(H,14,15). The van der Waals surface area contributed by atoms with Crippen molar-refractivity contribution in [2.75, 3.05) is 7.11 Å². The van der Waals surface area contributed by atoms with E-state index in [4.69, 9.17) is 9.84 Å². The van der Waals surface area contributed by atoms with Gasteiger partial charge in [0, 0.05) is 22.7 Å². The Balaban J connectivity index is 2.54. The van der Waals surface area contributed by atoms with Crippen molar-refractivity contribution in [3.63, 3.8) is 0 Å². The van der Waals surface area contributed by atoms with Gasteiger partial charge in [-0.3, -0.25) is 4.79 Å². The number of carbonyl (C=O) groups is 1. The summed E-state index contributed by atoms with van der Waals surface area (Å²) in [5.41, 5.74) is 2.64. The Bertz CT molecular complexity index is 542. The Kier molecular flexibility index (Phi) is 2.56. The maximum absolute atomic E-state index is 10.7. The van der Waals surface area contributed by atoms with Crippen LogP contribution >= 0.6 is 0 Å². The summed E-state index contributed by atoms with van der Waals surface area (Å²) in [6, 6.07) is 5.67. The fourth-order valence-corrected chi connectivity index (χ4v) is 1.83. The van der Waals surface area contributed by atoms with Crippen molar-refractivity contribution in [2.45, 2.75) is 13.3 Å². The van der Waals surface area contributed by atoms with Gasteiger partial charge in [-0.15, -0.1) is 0 Å². The molecule has 4 nitrogen and oxygen atoms in total. The van der Waals surface area contributed by atoms with Crippen molar-refractivity contribution in [3.05, 3.63) is 29.5 Å². The summed E-state index contributed by atoms with van der Waals surface area (Å²) in [7, 11) is 1.61. The summed E-state index contributed by atoms with van der Waals surface area (Å²) >= 11 is 0. The number of carboxylic acids is 1. The van der Waals surface area contributed by atoms with Crippen LogP contribution in [0.4, 0.5) is 0 Å². The predicted octanol–water partition coefficient (Wildman–Crippen LogP) is 2.11. The number of H-pyrrole nitrogens is 1. The molecule has 84 valence electrons. The molecule has 1 aromatic heterocycles. The second-order valence-corrected chi connectivity index (χ2v) is 3.71. The maximum atomic E-state index is 10.7. The summed E-state index contributed by atoms with van der Waals surface area (Å²) in [6.45, 7) is 1.92. The lowest BCUT2D eigenvalue weighted by Gasteiger charge is -1.98. The van der Waals surface area contributed by atoms with Gasteiger partial charge in [0.25, 0.3) is 0 Å². The summed E-state index contributed by atoms with van der Waals surface area (Å²) in [5.74, 6) is -0.0720. The lowest BCUT2D eigenvalue weighted by Crippen LogP contribution is -2.01. The maximum Gasteiger partial charge on any atom is 0.309 e. The van der Waals surface area contributed by atoms with E-state index in [1.165, 1.54) is 0 Å². The number of aromatic nitrogens is 1. The van der Waals surface area contributed by atoms with Crippen molar-refractivity contribution in [3.8, 4) is 5.75 Å². The third-order valence-electron chi connectivity index (χ3n) is 2.70. The minimum Gasteiger partial charge on any atom is -0.497 e. The van der Waals surface area contributed by atoms with E-state index in [-0.39, 0.29) is 6.42 Å². The van der Waals surface area contributed by atoms with Gasteiger partial charge in [-0.1, -0.05) is 0 Å². The van der Waals surface area contributed by atoms with Gasteiger partial charge in [-0.25, -0.2) is 0 Å². The fraction of sp³-hybridized carbons (Fsp3) is 0.250. The van der Waals surface area contributed by atoms with Crippen LogP contribution in [0.5, 0.6) is 5.75 Å². The highest BCUT2D eigenvalue weighted by molar-refractivity contribution is 5.87. The van der Waals surface area contributed by atoms with Gasteiger partial charge < -0.3 is 14.8 Å². The zero-order valence-corrected chi connectivity index (χ0v) is 9.20. The molecule has 0 saturated heterocycles. The number of methoxy groups -OCH3 is 1. The third kappa shape index (κ3) is 1.74. The number of ether oxygens (including phenoxy) is 1. The molecule has 0 aliphatic rings. The minimum atomic E-state index is -0.832. The Morgan fingerprint density at radius 1 is 1.50 bits per heavy atom. The van der Waals surface area contributed by atoms with E-state index < -0.39 is 5.97 Å². The fourth-order valence-electron chi connectivity index (χ4n) is 1.83. The molecule has 0 bridgehead atoms. The highest BCUT2D eigenvalue weighted by Crippen LogP contribution is 2.25. The summed E-state index contributed by atoms with van der Waals surface area (Å²) in [5, 5.41) is 9.81. The van der Waals surface area contributed by atoms with Gasteiger partial charge >= 0.3 is 5.97 Å². The zero-order valence-electron chi connectivity index (χ0n) is 9.20. The first-order valence-electron chi connectivity index (χ1n) is 4.99. The quantitative estimate of drug-likeness (QED) is 0.831. The predicted molar refractivity (Wildman–Crippen MR) is 60.9 cm³/mol. The lowest BCUT2D eigenvalue weighted by atomic mass is 10.1. The molecule has 4 heteroatoms. The monoisotopic (exact) mass is 219 g/mol. The molecular formula is C12H13NO3. The zero-order chi connectivity index (χ0) is 11.7. The van der Waals surface area contributed by atoms with Gasteiger partial charge in [0.15, 0.2) is 0 Å². The molecule has 0 fully saturated rings. The highest BCUT2D eigenvalue weighted by Gasteiger charge is 2.10. The van der Waals surface area contributed by atoms with E-state index >= 15 is 0 Å². The van der Waals surface area contributed by atoms with Crippen LogP contribution in [-0.4, -0.2) is 23.2 Å². The van der Waals surface area contributed by atoms with Gasteiger partial charge in [0.05, 0.1) is 13.5 Å². The SMILES string of the molecule is COc1ccc2c(C)c(CC(=O)O)[nH]c2c1. The number of benzene rings is 1. The Hall–Kier alpha value is -1.97. The van der Waals surface area contributed by atoms with Crippen LogP contribution in [0.15, 0.2) is 18.2 Å². The Labute approximate surface area is 92.9 Å². The molecule has 16 heavy (non-hydrogen) atoms. The van der Waals surface area contributed by atoms with Crippen molar-refractivity contribution < 1.29 is 14.6 Å². The Morgan fingerprint density at radius 3 is 2.88 bits per heavy atom. The normalized spacial score (nSPS) is 10.6. The lowest BCUT2D eigenvalue weighted by molar-refractivity contribution is -0.136. The first-order chi connectivity index (χ1) is 7.61. The largest absolute Gasteiger partial charge is 0.497 e. The van der Waals surface area contributed by atoms with E-state index in [1.54, 1.807) is 7.11 Å². The van der Waals surface area contributed by atoms with Crippen molar-refractivity contribution >= 4 is 16.9 Å². The molecule has 0 spiro atoms. The van der Waals surface area contributed by atoms with Crippen LogP contribution in [0.3, 0.4) is 0 Å². The van der Waals surface area contributed by atoms with Crippen LogP contribution in [0.25, 0.3) is 10.9 Å². The first kappa shape index (κ1) is 10.5. The number of aryl methyl sites for hydroxylation is 1. The van der Waals surface area contributed by atoms with E-state index in [1.807, 2.05) is 25.1 Å². The van der Waals surface area contributed by atoms with Gasteiger partial charge in [-0.05, 0) is 24.6 Å². The number of hydrogen-bond acceptors (Lipinski definition) is 2. The Morgan fingerprint density at radius 2 is 2.25 bits per heavy atom. The molecule has 0 aliphatic heterocycles. The average Bonchev–Trinajstić information content (AvgIpc) is 2.54. The molecule has 0 aliphatic carbocycles. The van der Waals surface area contributed by atoms with E-state index in [0.29, 0.717) is 0 Å². The molecule has 2 aromatic rings. The molecular weight excluding hydrogens is 206 g/mol. The summed E-state index contributed by atoms with van der Waals surface area (Å²) < 4.78 is 5.12. The second-order valence-electron chi connectivity index (χ2n) is 3.71. The average molecular weight is 219 g/mol. The van der Waals surface area contributed by atoms with Crippen molar-refractivity contribution in [2.24, 2.45) is 0 Å². The van der Waals surface area contributed by atoms with E-state index in [9.17, 15) is 4.79 Å². The molecule has 1 heterocycles. The second kappa shape index (κ2) is 3.89. The number of carboxylic acid groups (broad SMARTS) is 1. The summed E-state index contributed by atoms with van der Waals surface area (Å²) in [6.07, 6.45) is 0.0167. The number of aliphatic carboxylic acids is 1. The van der Waals surface area contributed by atoms with E-state index in [2.05, 4.69) is 4.98 Å². The summed E-state index contributed by atoms with van der Waals surface area (Å²) in [4.78, 5) is 13.8. The molecule has 2 N–H and O–H groups in total. The number of nitrogens with one attached hydrogen (secondary N) is 1. The number of hydrogen-bond donors (Lipinski definition) is 2. The molecule has 0 radical (unpaired) electrons. The van der Waals surface area contributed by atoms with Crippen LogP contribution in [0.2, 0.25) is 0 Å². The van der Waals surface area contributed by atoms with Crippen LogP contribution in [0, 0.1) is 6.92 Å². The third-order valence-corrected chi connectivity index (χ3v) is 2.70. The number of aromatic amines is 1. The van der Waals surface area contributed by atoms with Crippen LogP contribution in [-0.2, 0) is 11.2 Å². The number of rotatable bonds is 3. The molecule has 0 atom stereocenters. The highest BCUT2D eigenvalue weighted by atomic mass is 16.5. The molecule has 2 rings (SSSR count). The minimum absolute atomic E-state index is 0.0167. The first-order valence-corrected chi connectivity index (χ1v) is 4.99. The topological polar surface area (TPSA) is 62.3 Å². The number of fused-ring (bicyclic) bond motifs is 1. The van der Waals surface area contributed by atoms with Gasteiger partial charge in [0.2, 0.25) is 0 Å². The molecule has 0 unspecified atom stereocenters. The van der Waals surface area contributed by atoms with Crippen LogP contribution < -0.4 is 4.74 Å². The smallest absolute Gasteiger partial charge is 0.309 e. The van der Waals surface area contributed by atoms with Crippen LogP contribution in [0.1, 0.15) is 11.3 Å². The van der Waals surface area contributed by atoms with Crippen molar-refractivity contribution in [1.82, 2.24) is 4.98 Å². The van der Waals surface area contributed by atoms with Gasteiger partial charge in [-0.2, -0.15) is 0 Å². The van der Waals surface area contributed by atoms with E-state index in [0.717, 1.165) is 27.9 Å². The van der Waals surface area contributed by atoms with Crippen molar-refractivity contribution in [1.29, 1.82) is 0 Å². The molecule has 0 saturated carbocycles.